The lowest BCUT2D eigenvalue weighted by Crippen LogP contribution is -2.60. The fraction of sp³-hybridized carbons (Fsp3) is 0.852. The molecule has 0 spiro atoms. The van der Waals surface area contributed by atoms with Crippen molar-refractivity contribution < 1.29 is 38.4 Å². The Bertz CT molecular complexity index is 1900. The zero-order valence-corrected chi connectivity index (χ0v) is 46.7. The maximum atomic E-state index is 14.2. The number of nitrogens with one attached hydrogen (secondary N) is 7. The minimum absolute atomic E-state index is 0.0840. The largest absolute Gasteiger partial charge is 0.354 e. The van der Waals surface area contributed by atoms with Crippen LogP contribution in [0.1, 0.15) is 171 Å². The molecule has 0 unspecified atom stereocenters. The van der Waals surface area contributed by atoms with Crippen molar-refractivity contribution >= 4 is 59.0 Å². The first-order valence-corrected chi connectivity index (χ1v) is 28.2. The van der Waals surface area contributed by atoms with Crippen LogP contribution in [0.5, 0.6) is 0 Å². The highest BCUT2D eigenvalue weighted by atomic mass is 35.5. The van der Waals surface area contributed by atoms with E-state index in [4.69, 9.17) is 11.8 Å². The Morgan fingerprint density at radius 1 is 0.521 bits per heavy atom. The summed E-state index contributed by atoms with van der Waals surface area (Å²) < 4.78 is 1.26. The fourth-order valence-corrected chi connectivity index (χ4v) is 11.8. The summed E-state index contributed by atoms with van der Waals surface area (Å²) in [6.07, 6.45) is 14.7. The smallest absolute Gasteiger partial charge is 0.246 e. The molecule has 5 aliphatic rings. The van der Waals surface area contributed by atoms with E-state index in [2.05, 4.69) is 37.2 Å². The van der Waals surface area contributed by atoms with Gasteiger partial charge in [-0.15, -0.1) is 0 Å². The summed E-state index contributed by atoms with van der Waals surface area (Å²) >= 11 is 6.07. The van der Waals surface area contributed by atoms with Crippen LogP contribution in [-0.2, 0) is 38.4 Å². The van der Waals surface area contributed by atoms with Crippen molar-refractivity contribution in [3.05, 3.63) is 0 Å². The zero-order chi connectivity index (χ0) is 53.8. The average molecular weight is 1050 g/mol. The van der Waals surface area contributed by atoms with Gasteiger partial charge in [0.2, 0.25) is 47.3 Å². The molecule has 2 heterocycles. The van der Waals surface area contributed by atoms with Crippen molar-refractivity contribution in [2.75, 3.05) is 40.3 Å². The SMILES string of the molecule is CN[C@@H](C)C(=O)N[C@H](C(=O)N1CCC[C@H]1C(=O)N[C@H](CNC(=O)C1CCC(C(=O)NC[C@@H](NC(=O)[C@@H]2CCCN2C(=O)[C@@H](NC(=O)[C@H](C)N(C)Cl)C(C)(C)C)C2CCCCC2)CC1)C1CCCCC1)C(C)(C)C. The lowest BCUT2D eigenvalue weighted by atomic mass is 9.80. The fourth-order valence-electron chi connectivity index (χ4n) is 11.7. The van der Waals surface area contributed by atoms with E-state index >= 15 is 0 Å². The van der Waals surface area contributed by atoms with Crippen LogP contribution in [0.3, 0.4) is 0 Å². The molecule has 5 rings (SSSR count). The number of carbonyl (C=O) groups is 8. The van der Waals surface area contributed by atoms with Gasteiger partial charge in [0, 0.05) is 57.1 Å². The van der Waals surface area contributed by atoms with Crippen LogP contribution in [0.15, 0.2) is 0 Å². The highest BCUT2D eigenvalue weighted by molar-refractivity contribution is 6.14. The molecule has 0 bridgehead atoms. The first kappa shape index (κ1) is 59.8. The quantitative estimate of drug-likeness (QED) is 0.0857. The van der Waals surface area contributed by atoms with Gasteiger partial charge in [0.05, 0.1) is 6.04 Å². The Morgan fingerprint density at radius 2 is 0.890 bits per heavy atom. The molecule has 2 saturated heterocycles. The summed E-state index contributed by atoms with van der Waals surface area (Å²) in [5, 5.41) is 21.7. The van der Waals surface area contributed by atoms with Crippen LogP contribution >= 0.6 is 11.8 Å². The molecule has 0 radical (unpaired) electrons. The minimum atomic E-state index is -0.871. The van der Waals surface area contributed by atoms with Crippen molar-refractivity contribution in [3.63, 3.8) is 0 Å². The van der Waals surface area contributed by atoms with E-state index in [1.54, 1.807) is 37.7 Å². The number of hydrogen-bond donors (Lipinski definition) is 7. The second-order valence-electron chi connectivity index (χ2n) is 24.3. The maximum absolute atomic E-state index is 14.2. The number of nitrogens with zero attached hydrogens (tertiary/aromatic N) is 3. The van der Waals surface area contributed by atoms with Crippen LogP contribution in [0.2, 0.25) is 0 Å². The molecule has 0 aromatic carbocycles. The number of halogens is 1. The van der Waals surface area contributed by atoms with Gasteiger partial charge in [-0.05, 0) is 132 Å². The van der Waals surface area contributed by atoms with Crippen molar-refractivity contribution in [1.82, 2.24) is 51.4 Å². The van der Waals surface area contributed by atoms with Gasteiger partial charge in [0.25, 0.3) is 0 Å². The van der Waals surface area contributed by atoms with Gasteiger partial charge in [0.1, 0.15) is 30.2 Å². The molecule has 8 atom stereocenters. The highest BCUT2D eigenvalue weighted by Gasteiger charge is 2.45. The Hall–Kier alpha value is -4.03. The van der Waals surface area contributed by atoms with Crippen LogP contribution < -0.4 is 37.2 Å². The number of likely N-dealkylation sites (N-methyl/N-ethyl adjacent to an activating group) is 2. The van der Waals surface area contributed by atoms with E-state index < -0.39 is 47.1 Å². The van der Waals surface area contributed by atoms with Crippen LogP contribution in [0.4, 0.5) is 0 Å². The van der Waals surface area contributed by atoms with Crippen molar-refractivity contribution in [3.8, 4) is 0 Å². The zero-order valence-electron chi connectivity index (χ0n) is 46.0. The number of hydrogen-bond acceptors (Lipinski definition) is 10. The Morgan fingerprint density at radius 3 is 1.23 bits per heavy atom. The summed E-state index contributed by atoms with van der Waals surface area (Å²) in [4.78, 5) is 113. The van der Waals surface area contributed by atoms with Gasteiger partial charge in [0.15, 0.2) is 0 Å². The van der Waals surface area contributed by atoms with E-state index in [-0.39, 0.29) is 96.1 Å². The summed E-state index contributed by atoms with van der Waals surface area (Å²) in [6.45, 7) is 16.1. The molecule has 8 amide bonds. The van der Waals surface area contributed by atoms with Crippen molar-refractivity contribution in [1.29, 1.82) is 0 Å². The van der Waals surface area contributed by atoms with Gasteiger partial charge in [-0.2, -0.15) is 0 Å². The number of rotatable bonds is 20. The summed E-state index contributed by atoms with van der Waals surface area (Å²) in [5.74, 6) is -2.08. The molecule has 414 valence electrons. The number of likely N-dealkylation sites (tertiary alicyclic amines) is 2. The molecular weight excluding hydrogens is 952 g/mol. The number of amides is 8. The van der Waals surface area contributed by atoms with Crippen LogP contribution in [-0.4, -0.2) is 150 Å². The van der Waals surface area contributed by atoms with E-state index in [0.29, 0.717) is 64.5 Å². The van der Waals surface area contributed by atoms with Gasteiger partial charge in [-0.3, -0.25) is 38.4 Å². The van der Waals surface area contributed by atoms with Gasteiger partial charge in [-0.1, -0.05) is 80.1 Å². The maximum Gasteiger partial charge on any atom is 0.246 e. The van der Waals surface area contributed by atoms with E-state index in [0.717, 1.165) is 64.2 Å². The molecule has 73 heavy (non-hydrogen) atoms. The predicted octanol–water partition coefficient (Wildman–Crippen LogP) is 4.28. The molecule has 3 aliphatic carbocycles. The normalized spacial score (nSPS) is 24.9. The highest BCUT2D eigenvalue weighted by Crippen LogP contribution is 2.33. The second kappa shape index (κ2) is 27.1. The van der Waals surface area contributed by atoms with Gasteiger partial charge >= 0.3 is 0 Å². The molecule has 0 aromatic rings. The Kier molecular flexibility index (Phi) is 22.3. The molecule has 18 nitrogen and oxygen atoms in total. The number of carbonyl (C=O) groups excluding carboxylic acids is 8. The molecule has 7 N–H and O–H groups in total. The molecule has 3 saturated carbocycles. The third-order valence-corrected chi connectivity index (χ3v) is 17.1. The van der Waals surface area contributed by atoms with E-state index in [1.807, 2.05) is 41.5 Å². The van der Waals surface area contributed by atoms with Crippen LogP contribution in [0, 0.1) is 34.5 Å². The minimum Gasteiger partial charge on any atom is -0.354 e. The van der Waals surface area contributed by atoms with Crippen molar-refractivity contribution in [2.24, 2.45) is 34.5 Å². The molecule has 5 fully saturated rings. The van der Waals surface area contributed by atoms with E-state index in [1.165, 1.54) is 4.42 Å². The van der Waals surface area contributed by atoms with Gasteiger partial charge < -0.3 is 47.0 Å². The average Bonchev–Trinajstić information content (AvgIpc) is 4.08. The van der Waals surface area contributed by atoms with Crippen LogP contribution in [0.25, 0.3) is 0 Å². The summed E-state index contributed by atoms with van der Waals surface area (Å²) in [7, 11) is 3.27. The molecule has 0 aromatic heterocycles. The first-order chi connectivity index (χ1) is 34.4. The standard InChI is InChI=1S/C54H93ClN10O8/c1-33(56-9)45(66)61-43(53(3,4)5)51(72)64-29-17-23-41(64)49(70)59-39(35-19-13-11-14-20-35)31-57-47(68)37-25-27-38(28-26-37)48(69)58-32-40(36-21-15-12-16-22-36)60-50(71)42-24-18-30-65(42)52(73)44(54(6,7)8)62-46(67)34(2)63(10)55/h33-44,56H,11-32H2,1-10H3,(H,57,68)(H,58,69)(H,59,70)(H,60,71)(H,61,66)(H,62,67)/t33-,34-,37?,38?,39+,40+,41-,42-,43+,44+/m0/s1. The monoisotopic (exact) mass is 1040 g/mol. The Labute approximate surface area is 441 Å². The lowest BCUT2D eigenvalue weighted by molar-refractivity contribution is -0.144. The lowest BCUT2D eigenvalue weighted by Gasteiger charge is -2.37. The molecule has 19 heteroatoms. The predicted molar refractivity (Wildman–Crippen MR) is 282 cm³/mol. The summed E-state index contributed by atoms with van der Waals surface area (Å²) in [5.41, 5.74) is -1.23. The molecule has 2 aliphatic heterocycles. The van der Waals surface area contributed by atoms with Crippen molar-refractivity contribution in [2.45, 2.75) is 219 Å². The second-order valence-corrected chi connectivity index (χ2v) is 24.8. The van der Waals surface area contributed by atoms with Gasteiger partial charge in [-0.25, -0.2) is 4.42 Å². The van der Waals surface area contributed by atoms with E-state index in [9.17, 15) is 38.4 Å². The summed E-state index contributed by atoms with van der Waals surface area (Å²) in [6, 6.07) is -4.84. The first-order valence-electron chi connectivity index (χ1n) is 27.9. The Balaban J connectivity index is 1.15. The third-order valence-electron chi connectivity index (χ3n) is 16.8. The molecular formula is C54H93ClN10O8. The third kappa shape index (κ3) is 16.5. The topological polar surface area (TPSA) is 230 Å².